The van der Waals surface area contributed by atoms with Crippen LogP contribution >= 0.6 is 0 Å². The van der Waals surface area contributed by atoms with E-state index in [1.165, 1.54) is 83.5 Å². The van der Waals surface area contributed by atoms with Gasteiger partial charge < -0.3 is 9.84 Å². The lowest BCUT2D eigenvalue weighted by Gasteiger charge is -2.08. The van der Waals surface area contributed by atoms with Crippen LogP contribution in [0.3, 0.4) is 0 Å². The molecule has 0 aliphatic carbocycles. The number of allylic oxidation sites excluding steroid dienone is 6. The number of hydrogen-bond acceptors (Lipinski definition) is 3. The summed E-state index contributed by atoms with van der Waals surface area (Å²) in [6.45, 7) is 8.76. The third-order valence-corrected chi connectivity index (χ3v) is 7.02. The molecule has 1 atom stereocenters. The summed E-state index contributed by atoms with van der Waals surface area (Å²) < 4.78 is 4.90. The molecule has 0 aromatic rings. The molecule has 234 valence electrons. The number of unbranched alkanes of at least 4 members (excludes halogenated alkanes) is 14. The van der Waals surface area contributed by atoms with Crippen molar-refractivity contribution in [3.05, 3.63) is 36.5 Å². The highest BCUT2D eigenvalue weighted by Gasteiger charge is 2.13. The maximum Gasteiger partial charge on any atom is 0.306 e. The molecule has 0 radical (unpaired) electrons. The molecule has 40 heavy (non-hydrogen) atoms. The van der Waals surface area contributed by atoms with Gasteiger partial charge in [0.15, 0.2) is 0 Å². The first kappa shape index (κ1) is 40.3. The van der Waals surface area contributed by atoms with Crippen molar-refractivity contribution in [3.8, 4) is 0 Å². The summed E-state index contributed by atoms with van der Waals surface area (Å²) in [5, 5.41) is 8.94. The molecule has 4 heteroatoms. The topological polar surface area (TPSA) is 63.6 Å². The van der Waals surface area contributed by atoms with Crippen molar-refractivity contribution < 1.29 is 19.4 Å². The fourth-order valence-electron chi connectivity index (χ4n) is 4.40. The molecule has 0 aromatic heterocycles. The Bertz CT molecular complexity index is 620. The Labute approximate surface area is 249 Å². The zero-order valence-corrected chi connectivity index (χ0v) is 27.0. The van der Waals surface area contributed by atoms with Gasteiger partial charge in [0, 0.05) is 6.42 Å². The van der Waals surface area contributed by atoms with Crippen LogP contribution in [0, 0.1) is 5.92 Å². The van der Waals surface area contributed by atoms with Crippen molar-refractivity contribution in [3.63, 3.8) is 0 Å². The van der Waals surface area contributed by atoms with Crippen LogP contribution in [0.2, 0.25) is 0 Å². The number of aliphatic carboxylic acids is 1. The zero-order chi connectivity index (χ0) is 29.9. The number of hydrogen-bond donors (Lipinski definition) is 1. The van der Waals surface area contributed by atoms with Crippen molar-refractivity contribution in [1.29, 1.82) is 0 Å². The average Bonchev–Trinajstić information content (AvgIpc) is 2.94. The highest BCUT2D eigenvalue weighted by Crippen LogP contribution is 2.15. The number of carboxylic acid groups (broad SMARTS) is 1. The number of carboxylic acids is 1. The summed E-state index contributed by atoms with van der Waals surface area (Å²) in [6.07, 6.45) is 38.9. The minimum Gasteiger partial charge on any atom is -0.481 e. The van der Waals surface area contributed by atoms with Crippen LogP contribution in [0.1, 0.15) is 169 Å². The van der Waals surface area contributed by atoms with Crippen molar-refractivity contribution >= 4 is 11.9 Å². The normalized spacial score (nSPS) is 12.2. The highest BCUT2D eigenvalue weighted by molar-refractivity contribution is 5.69. The van der Waals surface area contributed by atoms with E-state index in [2.05, 4.69) is 50.3 Å². The third-order valence-electron chi connectivity index (χ3n) is 7.02. The minimum absolute atomic E-state index is 0.0430. The van der Waals surface area contributed by atoms with E-state index in [1.807, 2.05) is 13.8 Å². The zero-order valence-electron chi connectivity index (χ0n) is 27.0. The maximum atomic E-state index is 11.1. The Morgan fingerprint density at radius 3 is 1.62 bits per heavy atom. The lowest BCUT2D eigenvalue weighted by atomic mass is 9.98. The molecule has 1 N–H and O–H groups in total. The fraction of sp³-hybridized carbons (Fsp3) is 0.778. The Hall–Kier alpha value is -1.84. The number of esters is 1. The Kier molecular flexibility index (Phi) is 35.5. The molecule has 1 unspecified atom stereocenters. The van der Waals surface area contributed by atoms with Gasteiger partial charge >= 0.3 is 11.9 Å². The molecule has 0 heterocycles. The molecular weight excluding hydrogens is 496 g/mol. The third kappa shape index (κ3) is 34.2. The largest absolute Gasteiger partial charge is 0.481 e. The van der Waals surface area contributed by atoms with E-state index in [-0.39, 0.29) is 11.9 Å². The Morgan fingerprint density at radius 1 is 0.600 bits per heavy atom. The summed E-state index contributed by atoms with van der Waals surface area (Å²) in [5.74, 6) is -0.810. The van der Waals surface area contributed by atoms with Crippen LogP contribution in [0.15, 0.2) is 36.5 Å². The van der Waals surface area contributed by atoms with E-state index in [1.54, 1.807) is 0 Å². The van der Waals surface area contributed by atoms with Gasteiger partial charge in [-0.15, -0.1) is 0 Å². The second kappa shape index (κ2) is 35.2. The van der Waals surface area contributed by atoms with Crippen LogP contribution in [0.25, 0.3) is 0 Å². The van der Waals surface area contributed by atoms with Crippen molar-refractivity contribution in [2.75, 3.05) is 6.61 Å². The van der Waals surface area contributed by atoms with Gasteiger partial charge in [-0.2, -0.15) is 0 Å². The first-order valence-corrected chi connectivity index (χ1v) is 16.9. The molecule has 0 saturated heterocycles. The Balaban J connectivity index is 0. The SMILES string of the molecule is CCCC=CCC=CCCCCCCC(CC)C(=O)O.CCCCCCC=CCCCCCCCC(=O)OCC. The summed E-state index contributed by atoms with van der Waals surface area (Å²) in [7, 11) is 0. The molecular formula is C36H66O4. The average molecular weight is 563 g/mol. The second-order valence-electron chi connectivity index (χ2n) is 10.8. The van der Waals surface area contributed by atoms with Gasteiger partial charge in [-0.3, -0.25) is 9.59 Å². The van der Waals surface area contributed by atoms with Crippen molar-refractivity contribution in [1.82, 2.24) is 0 Å². The number of carbonyl (C=O) groups is 2. The van der Waals surface area contributed by atoms with E-state index >= 15 is 0 Å². The number of ether oxygens (including phenoxy) is 1. The van der Waals surface area contributed by atoms with Crippen molar-refractivity contribution in [2.24, 2.45) is 5.92 Å². The van der Waals surface area contributed by atoms with E-state index < -0.39 is 5.97 Å². The van der Waals surface area contributed by atoms with Gasteiger partial charge in [0.2, 0.25) is 0 Å². The molecule has 0 fully saturated rings. The quantitative estimate of drug-likeness (QED) is 0.0614. The van der Waals surface area contributed by atoms with Gasteiger partial charge in [0.25, 0.3) is 0 Å². The van der Waals surface area contributed by atoms with Crippen LogP contribution in [-0.4, -0.2) is 23.7 Å². The lowest BCUT2D eigenvalue weighted by Crippen LogP contribution is -2.12. The summed E-state index contributed by atoms with van der Waals surface area (Å²) >= 11 is 0. The number of carbonyl (C=O) groups excluding carboxylic acids is 1. The maximum absolute atomic E-state index is 11.1. The predicted octanol–water partition coefficient (Wildman–Crippen LogP) is 11.5. The van der Waals surface area contributed by atoms with Crippen LogP contribution in [0.4, 0.5) is 0 Å². The minimum atomic E-state index is -0.633. The molecule has 0 aromatic carbocycles. The molecule has 0 spiro atoms. The van der Waals surface area contributed by atoms with Crippen molar-refractivity contribution in [2.45, 2.75) is 169 Å². The Morgan fingerprint density at radius 2 is 1.10 bits per heavy atom. The smallest absolute Gasteiger partial charge is 0.306 e. The fourth-order valence-corrected chi connectivity index (χ4v) is 4.40. The molecule has 0 amide bonds. The molecule has 0 aliphatic heterocycles. The number of rotatable bonds is 27. The summed E-state index contributed by atoms with van der Waals surface area (Å²) in [6, 6.07) is 0. The first-order valence-electron chi connectivity index (χ1n) is 16.9. The lowest BCUT2D eigenvalue weighted by molar-refractivity contribution is -0.143. The van der Waals surface area contributed by atoms with E-state index in [0.717, 1.165) is 51.4 Å². The molecule has 4 nitrogen and oxygen atoms in total. The standard InChI is InChI=1S/C18H34O2.C18H32O2/c1-3-5-6-7-8-9-10-11-12-13-14-15-16-17-18(19)20-4-2;1-3-5-6-7-8-9-10-11-12-13-14-15-16-17(4-2)18(19)20/h9-10H,3-8,11-17H2,1-2H3;6-7,9-10,17H,3-5,8,11-16H2,1-2H3,(H,19,20). The second-order valence-corrected chi connectivity index (χ2v) is 10.8. The van der Waals surface area contributed by atoms with E-state index in [4.69, 9.17) is 9.84 Å². The van der Waals surface area contributed by atoms with Gasteiger partial charge in [-0.1, -0.05) is 121 Å². The van der Waals surface area contributed by atoms with E-state index in [9.17, 15) is 9.59 Å². The molecule has 0 rings (SSSR count). The van der Waals surface area contributed by atoms with Crippen LogP contribution < -0.4 is 0 Å². The van der Waals surface area contributed by atoms with Gasteiger partial charge in [0.05, 0.1) is 12.5 Å². The van der Waals surface area contributed by atoms with Crippen LogP contribution in [-0.2, 0) is 14.3 Å². The summed E-state index contributed by atoms with van der Waals surface area (Å²) in [4.78, 5) is 22.0. The van der Waals surface area contributed by atoms with Gasteiger partial charge in [-0.25, -0.2) is 0 Å². The monoisotopic (exact) mass is 562 g/mol. The molecule has 0 bridgehead atoms. The molecule has 0 saturated carbocycles. The van der Waals surface area contributed by atoms with Gasteiger partial charge in [0.1, 0.15) is 0 Å². The first-order chi connectivity index (χ1) is 19.5. The van der Waals surface area contributed by atoms with E-state index in [0.29, 0.717) is 13.0 Å². The highest BCUT2D eigenvalue weighted by atomic mass is 16.5. The van der Waals surface area contributed by atoms with Crippen LogP contribution in [0.5, 0.6) is 0 Å². The van der Waals surface area contributed by atoms with Gasteiger partial charge in [-0.05, 0) is 77.6 Å². The summed E-state index contributed by atoms with van der Waals surface area (Å²) in [5.41, 5.74) is 0. The predicted molar refractivity (Wildman–Crippen MR) is 174 cm³/mol. The molecule has 0 aliphatic rings.